The summed E-state index contributed by atoms with van der Waals surface area (Å²) in [6.07, 6.45) is 0.216. The number of carbonyl (C=O) groups is 1. The van der Waals surface area contributed by atoms with Gasteiger partial charge in [0.25, 0.3) is 0 Å². The van der Waals surface area contributed by atoms with Crippen LogP contribution in [0.4, 0.5) is 13.6 Å². The van der Waals surface area contributed by atoms with E-state index in [2.05, 4.69) is 5.32 Å². The summed E-state index contributed by atoms with van der Waals surface area (Å²) in [5.74, 6) is -1.89. The van der Waals surface area contributed by atoms with E-state index in [0.717, 1.165) is 16.4 Å². The van der Waals surface area contributed by atoms with Gasteiger partial charge < -0.3 is 10.1 Å². The molecule has 1 N–H and O–H groups in total. The van der Waals surface area contributed by atoms with Crippen LogP contribution in [0.15, 0.2) is 23.1 Å². The summed E-state index contributed by atoms with van der Waals surface area (Å²) in [6.45, 7) is 5.53. The van der Waals surface area contributed by atoms with Gasteiger partial charge in [-0.15, -0.1) is 0 Å². The highest BCUT2D eigenvalue weighted by Gasteiger charge is 2.31. The number of nitrogens with zero attached hydrogens (tertiary/aromatic N) is 1. The fourth-order valence-corrected chi connectivity index (χ4v) is 4.05. The Morgan fingerprint density at radius 2 is 1.68 bits per heavy atom. The molecule has 0 spiro atoms. The Kier molecular flexibility index (Phi) is 5.68. The number of halogens is 2. The minimum absolute atomic E-state index is 0.140. The van der Waals surface area contributed by atoms with Gasteiger partial charge in [-0.05, 0) is 45.7 Å². The lowest BCUT2D eigenvalue weighted by Crippen LogP contribution is -2.47. The van der Waals surface area contributed by atoms with Crippen LogP contribution in [0, 0.1) is 11.6 Å². The van der Waals surface area contributed by atoms with Gasteiger partial charge in [-0.1, -0.05) is 0 Å². The van der Waals surface area contributed by atoms with Crippen molar-refractivity contribution < 1.29 is 26.7 Å². The highest BCUT2D eigenvalue weighted by Crippen LogP contribution is 2.22. The molecule has 0 aromatic heterocycles. The van der Waals surface area contributed by atoms with Crippen LogP contribution in [0.25, 0.3) is 0 Å². The molecule has 1 aliphatic rings. The van der Waals surface area contributed by atoms with Crippen LogP contribution in [0.3, 0.4) is 0 Å². The normalized spacial score (nSPS) is 17.3. The quantitative estimate of drug-likeness (QED) is 0.880. The van der Waals surface area contributed by atoms with E-state index < -0.39 is 38.2 Å². The number of nitrogens with one attached hydrogen (secondary N) is 1. The van der Waals surface area contributed by atoms with Crippen LogP contribution in [0.2, 0.25) is 0 Å². The van der Waals surface area contributed by atoms with Gasteiger partial charge in [0, 0.05) is 25.2 Å². The van der Waals surface area contributed by atoms with Gasteiger partial charge in [0.1, 0.15) is 17.2 Å². The minimum atomic E-state index is -3.98. The average Bonchev–Trinajstić information content (AvgIpc) is 2.44. The molecule has 6 nitrogen and oxygen atoms in total. The minimum Gasteiger partial charge on any atom is -0.444 e. The Morgan fingerprint density at radius 1 is 1.16 bits per heavy atom. The van der Waals surface area contributed by atoms with Gasteiger partial charge in [0.05, 0.1) is 4.90 Å². The Bertz CT molecular complexity index is 719. The molecule has 140 valence electrons. The van der Waals surface area contributed by atoms with Crippen molar-refractivity contribution in [2.24, 2.45) is 0 Å². The zero-order valence-electron chi connectivity index (χ0n) is 14.4. The maximum Gasteiger partial charge on any atom is 0.407 e. The molecule has 0 bridgehead atoms. The molecule has 1 amide bonds. The van der Waals surface area contributed by atoms with Crippen LogP contribution in [0.5, 0.6) is 0 Å². The molecule has 0 atom stereocenters. The van der Waals surface area contributed by atoms with E-state index in [4.69, 9.17) is 4.74 Å². The molecule has 9 heteroatoms. The first-order chi connectivity index (χ1) is 11.5. The van der Waals surface area contributed by atoms with Crippen molar-refractivity contribution in [1.29, 1.82) is 0 Å². The molecular formula is C16H22F2N2O4S. The highest BCUT2D eigenvalue weighted by atomic mass is 32.2. The summed E-state index contributed by atoms with van der Waals surface area (Å²) in [5.41, 5.74) is -0.615. The molecular weight excluding hydrogens is 354 g/mol. The summed E-state index contributed by atoms with van der Waals surface area (Å²) in [6, 6.07) is 1.99. The molecule has 0 saturated carbocycles. The summed E-state index contributed by atoms with van der Waals surface area (Å²) in [7, 11) is -3.98. The van der Waals surface area contributed by atoms with E-state index in [0.29, 0.717) is 18.9 Å². The predicted octanol–water partition coefficient (Wildman–Crippen LogP) is 2.64. The molecule has 2 rings (SSSR count). The van der Waals surface area contributed by atoms with E-state index in [9.17, 15) is 22.0 Å². The lowest BCUT2D eigenvalue weighted by Gasteiger charge is -2.32. The fourth-order valence-electron chi connectivity index (χ4n) is 2.54. The smallest absolute Gasteiger partial charge is 0.407 e. The number of carbonyl (C=O) groups excluding carboxylic acids is 1. The maximum atomic E-state index is 13.3. The maximum absolute atomic E-state index is 13.3. The summed E-state index contributed by atoms with van der Waals surface area (Å²) in [5, 5.41) is 2.70. The summed E-state index contributed by atoms with van der Waals surface area (Å²) >= 11 is 0. The third-order valence-corrected chi connectivity index (χ3v) is 5.53. The van der Waals surface area contributed by atoms with Crippen molar-refractivity contribution in [3.8, 4) is 0 Å². The molecule has 1 aromatic rings. The third-order valence-electron chi connectivity index (χ3n) is 3.65. The van der Waals surface area contributed by atoms with Crippen LogP contribution < -0.4 is 5.32 Å². The fraction of sp³-hybridized carbons (Fsp3) is 0.562. The van der Waals surface area contributed by atoms with Crippen LogP contribution in [-0.4, -0.2) is 43.5 Å². The predicted molar refractivity (Wildman–Crippen MR) is 87.5 cm³/mol. The number of rotatable bonds is 3. The Labute approximate surface area is 146 Å². The van der Waals surface area contributed by atoms with Crippen molar-refractivity contribution in [2.45, 2.75) is 50.2 Å². The summed E-state index contributed by atoms with van der Waals surface area (Å²) < 4.78 is 57.9. The van der Waals surface area contributed by atoms with Gasteiger partial charge in [0.15, 0.2) is 0 Å². The van der Waals surface area contributed by atoms with Crippen molar-refractivity contribution >= 4 is 16.1 Å². The molecule has 1 fully saturated rings. The van der Waals surface area contributed by atoms with Crippen LogP contribution >= 0.6 is 0 Å². The molecule has 1 aliphatic heterocycles. The number of hydrogen-bond acceptors (Lipinski definition) is 4. The first kappa shape index (κ1) is 19.6. The SMILES string of the molecule is CC(C)(C)OC(=O)NC1CCN(S(=O)(=O)c2cc(F)cc(F)c2)CC1. The Hall–Kier alpha value is -1.74. The Balaban J connectivity index is 1.98. The van der Waals surface area contributed by atoms with Gasteiger partial charge in [-0.25, -0.2) is 22.0 Å². The molecule has 0 radical (unpaired) electrons. The zero-order valence-corrected chi connectivity index (χ0v) is 15.2. The molecule has 0 unspecified atom stereocenters. The number of benzene rings is 1. The average molecular weight is 376 g/mol. The lowest BCUT2D eigenvalue weighted by molar-refractivity contribution is 0.0489. The molecule has 0 aliphatic carbocycles. The second-order valence-electron chi connectivity index (χ2n) is 6.93. The zero-order chi connectivity index (χ0) is 18.8. The molecule has 1 saturated heterocycles. The van der Waals surface area contributed by atoms with E-state index in [1.807, 2.05) is 0 Å². The number of hydrogen-bond donors (Lipinski definition) is 1. The monoisotopic (exact) mass is 376 g/mol. The number of alkyl carbamates (subject to hydrolysis) is 1. The standard InChI is InChI=1S/C16H22F2N2O4S/c1-16(2,3)24-15(21)19-13-4-6-20(7-5-13)25(22,23)14-9-11(17)8-12(18)10-14/h8-10,13H,4-7H2,1-3H3,(H,19,21). The van der Waals surface area contributed by atoms with Crippen molar-refractivity contribution in [3.05, 3.63) is 29.8 Å². The first-order valence-electron chi connectivity index (χ1n) is 7.93. The number of ether oxygens (including phenoxy) is 1. The van der Waals surface area contributed by atoms with Crippen LogP contribution in [0.1, 0.15) is 33.6 Å². The van der Waals surface area contributed by atoms with Gasteiger partial charge in [-0.2, -0.15) is 4.31 Å². The van der Waals surface area contributed by atoms with E-state index in [1.165, 1.54) is 0 Å². The molecule has 1 aromatic carbocycles. The van der Waals surface area contributed by atoms with Crippen LogP contribution in [-0.2, 0) is 14.8 Å². The molecule has 1 heterocycles. The largest absolute Gasteiger partial charge is 0.444 e. The van der Waals surface area contributed by atoms with Crippen molar-refractivity contribution in [2.75, 3.05) is 13.1 Å². The highest BCUT2D eigenvalue weighted by molar-refractivity contribution is 7.89. The number of amides is 1. The molecule has 25 heavy (non-hydrogen) atoms. The second kappa shape index (κ2) is 7.25. The van der Waals surface area contributed by atoms with Crippen molar-refractivity contribution in [1.82, 2.24) is 9.62 Å². The van der Waals surface area contributed by atoms with Gasteiger partial charge >= 0.3 is 6.09 Å². The first-order valence-corrected chi connectivity index (χ1v) is 9.37. The van der Waals surface area contributed by atoms with Gasteiger partial charge in [0.2, 0.25) is 10.0 Å². The lowest BCUT2D eigenvalue weighted by atomic mass is 10.1. The summed E-state index contributed by atoms with van der Waals surface area (Å²) in [4.78, 5) is 11.3. The van der Waals surface area contributed by atoms with Gasteiger partial charge in [-0.3, -0.25) is 0 Å². The number of sulfonamides is 1. The topological polar surface area (TPSA) is 75.7 Å². The van der Waals surface area contributed by atoms with E-state index >= 15 is 0 Å². The van der Waals surface area contributed by atoms with Crippen molar-refractivity contribution in [3.63, 3.8) is 0 Å². The van der Waals surface area contributed by atoms with E-state index in [-0.39, 0.29) is 19.1 Å². The number of piperidine rings is 1. The second-order valence-corrected chi connectivity index (χ2v) is 8.87. The third kappa shape index (κ3) is 5.37. The Morgan fingerprint density at radius 3 is 2.16 bits per heavy atom. The van der Waals surface area contributed by atoms with E-state index in [1.54, 1.807) is 20.8 Å².